The highest BCUT2D eigenvalue weighted by Crippen LogP contribution is 2.25. The highest BCUT2D eigenvalue weighted by atomic mass is 32.2. The van der Waals surface area contributed by atoms with Crippen LogP contribution >= 0.6 is 0 Å². The van der Waals surface area contributed by atoms with Gasteiger partial charge in [0.2, 0.25) is 15.9 Å². The summed E-state index contributed by atoms with van der Waals surface area (Å²) in [5.74, 6) is -0.803. The normalized spacial score (nSPS) is 15.7. The van der Waals surface area contributed by atoms with E-state index < -0.39 is 10.0 Å². The van der Waals surface area contributed by atoms with Gasteiger partial charge in [0.15, 0.2) is 0 Å². The van der Waals surface area contributed by atoms with E-state index in [4.69, 9.17) is 0 Å². The monoisotopic (exact) mass is 433 g/mol. The number of amides is 2. The molecule has 9 nitrogen and oxygen atoms in total. The third-order valence-electron chi connectivity index (χ3n) is 5.21. The van der Waals surface area contributed by atoms with E-state index in [1.165, 1.54) is 15.4 Å². The number of aryl methyl sites for hydroxylation is 1. The Kier molecular flexibility index (Phi) is 6.57. The van der Waals surface area contributed by atoms with Crippen molar-refractivity contribution in [2.45, 2.75) is 31.2 Å². The highest BCUT2D eigenvalue weighted by molar-refractivity contribution is 7.89. The minimum absolute atomic E-state index is 0.227. The van der Waals surface area contributed by atoms with Gasteiger partial charge in [-0.1, -0.05) is 18.2 Å². The van der Waals surface area contributed by atoms with Crippen molar-refractivity contribution >= 4 is 27.5 Å². The quantitative estimate of drug-likeness (QED) is 0.746. The number of hydrogen-bond donors (Lipinski definition) is 1. The largest absolute Gasteiger partial charge is 0.343 e. The summed E-state index contributed by atoms with van der Waals surface area (Å²) in [6.07, 6.45) is 2.31. The number of aromatic nitrogens is 2. The van der Waals surface area contributed by atoms with Crippen LogP contribution in [-0.2, 0) is 21.4 Å². The molecule has 1 aliphatic rings. The van der Waals surface area contributed by atoms with Crippen molar-refractivity contribution in [1.29, 1.82) is 0 Å². The molecule has 162 valence electrons. The maximum absolute atomic E-state index is 12.8. The zero-order valence-corrected chi connectivity index (χ0v) is 18.2. The Labute approximate surface area is 176 Å². The number of carbonyl (C=O) groups excluding carboxylic acids is 2. The van der Waals surface area contributed by atoms with Gasteiger partial charge in [0.1, 0.15) is 5.69 Å². The molecule has 1 fully saturated rings. The molecule has 3 rings (SSSR count). The molecule has 1 aromatic heterocycles. The van der Waals surface area contributed by atoms with Crippen LogP contribution in [0.4, 0.5) is 5.69 Å². The van der Waals surface area contributed by atoms with Gasteiger partial charge in [-0.25, -0.2) is 8.42 Å². The van der Waals surface area contributed by atoms with Gasteiger partial charge in [0.25, 0.3) is 5.91 Å². The molecular formula is C20H27N5O4S. The lowest BCUT2D eigenvalue weighted by Gasteiger charge is -2.30. The number of nitrogens with zero attached hydrogens (tertiary/aromatic N) is 4. The third-order valence-corrected chi connectivity index (χ3v) is 7.12. The van der Waals surface area contributed by atoms with Gasteiger partial charge in [-0.15, -0.1) is 0 Å². The first kappa shape index (κ1) is 22.0. The van der Waals surface area contributed by atoms with Crippen molar-refractivity contribution in [2.24, 2.45) is 5.92 Å². The molecule has 0 saturated carbocycles. The van der Waals surface area contributed by atoms with Crippen LogP contribution in [-0.4, -0.2) is 66.4 Å². The Balaban J connectivity index is 1.67. The summed E-state index contributed by atoms with van der Waals surface area (Å²) in [6.45, 7) is 2.91. The molecule has 1 aromatic carbocycles. The minimum atomic E-state index is -3.56. The van der Waals surface area contributed by atoms with Crippen molar-refractivity contribution in [3.05, 3.63) is 42.2 Å². The van der Waals surface area contributed by atoms with Gasteiger partial charge in [-0.3, -0.25) is 14.3 Å². The van der Waals surface area contributed by atoms with E-state index in [0.717, 1.165) is 0 Å². The van der Waals surface area contributed by atoms with E-state index in [2.05, 4.69) is 10.4 Å². The number of carbonyl (C=O) groups is 2. The molecule has 2 aromatic rings. The Morgan fingerprint density at radius 1 is 1.17 bits per heavy atom. The predicted octanol–water partition coefficient (Wildman–Crippen LogP) is 1.64. The lowest BCUT2D eigenvalue weighted by Crippen LogP contribution is -2.41. The number of sulfonamides is 1. The van der Waals surface area contributed by atoms with E-state index in [-0.39, 0.29) is 35.7 Å². The summed E-state index contributed by atoms with van der Waals surface area (Å²) in [5, 5.41) is 7.00. The fourth-order valence-electron chi connectivity index (χ4n) is 3.49. The Morgan fingerprint density at radius 2 is 1.80 bits per heavy atom. The first-order valence-electron chi connectivity index (χ1n) is 9.89. The average molecular weight is 434 g/mol. The topological polar surface area (TPSA) is 105 Å². The fourth-order valence-corrected chi connectivity index (χ4v) is 4.98. The number of piperidine rings is 1. The number of rotatable bonds is 6. The van der Waals surface area contributed by atoms with Crippen molar-refractivity contribution in [3.8, 4) is 0 Å². The molecule has 2 heterocycles. The van der Waals surface area contributed by atoms with Crippen LogP contribution in [0, 0.1) is 5.92 Å². The van der Waals surface area contributed by atoms with E-state index in [1.807, 2.05) is 6.92 Å². The fraction of sp³-hybridized carbons (Fsp3) is 0.450. The second-order valence-electron chi connectivity index (χ2n) is 7.40. The summed E-state index contributed by atoms with van der Waals surface area (Å²) >= 11 is 0. The molecule has 0 radical (unpaired) electrons. The lowest BCUT2D eigenvalue weighted by molar-refractivity contribution is -0.120. The smallest absolute Gasteiger partial charge is 0.273 e. The zero-order chi connectivity index (χ0) is 21.9. The average Bonchev–Trinajstić information content (AvgIpc) is 3.16. The van der Waals surface area contributed by atoms with E-state index in [0.29, 0.717) is 30.8 Å². The first-order chi connectivity index (χ1) is 14.3. The number of nitrogens with one attached hydrogen (secondary N) is 1. The molecule has 0 bridgehead atoms. The van der Waals surface area contributed by atoms with Crippen LogP contribution in [0.5, 0.6) is 0 Å². The maximum atomic E-state index is 12.8. The highest BCUT2D eigenvalue weighted by Gasteiger charge is 2.32. The number of benzene rings is 1. The van der Waals surface area contributed by atoms with Gasteiger partial charge in [0, 0.05) is 39.6 Å². The van der Waals surface area contributed by atoms with Crippen LogP contribution in [0.2, 0.25) is 0 Å². The molecule has 1 saturated heterocycles. The van der Waals surface area contributed by atoms with Gasteiger partial charge in [0.05, 0.1) is 16.8 Å². The molecule has 30 heavy (non-hydrogen) atoms. The molecule has 10 heteroatoms. The molecule has 0 unspecified atom stereocenters. The van der Waals surface area contributed by atoms with Crippen molar-refractivity contribution < 1.29 is 18.0 Å². The molecule has 0 aliphatic carbocycles. The van der Waals surface area contributed by atoms with Crippen LogP contribution < -0.4 is 5.32 Å². The lowest BCUT2D eigenvalue weighted by atomic mass is 9.97. The van der Waals surface area contributed by atoms with Crippen LogP contribution in [0.1, 0.15) is 30.3 Å². The van der Waals surface area contributed by atoms with Crippen LogP contribution in [0.25, 0.3) is 0 Å². The second-order valence-corrected chi connectivity index (χ2v) is 9.34. The van der Waals surface area contributed by atoms with Crippen molar-refractivity contribution in [1.82, 2.24) is 19.0 Å². The Hall–Kier alpha value is -2.72. The van der Waals surface area contributed by atoms with Crippen LogP contribution in [0.15, 0.2) is 41.4 Å². The molecule has 1 aliphatic heterocycles. The van der Waals surface area contributed by atoms with Crippen molar-refractivity contribution in [3.63, 3.8) is 0 Å². The van der Waals surface area contributed by atoms with E-state index in [1.54, 1.807) is 49.1 Å². The third kappa shape index (κ3) is 4.39. The van der Waals surface area contributed by atoms with Gasteiger partial charge < -0.3 is 10.2 Å². The first-order valence-corrected chi connectivity index (χ1v) is 11.3. The summed E-state index contributed by atoms with van der Waals surface area (Å²) in [4.78, 5) is 27.0. The van der Waals surface area contributed by atoms with E-state index >= 15 is 0 Å². The van der Waals surface area contributed by atoms with Gasteiger partial charge in [-0.2, -0.15) is 9.40 Å². The molecule has 2 amide bonds. The Bertz CT molecular complexity index is 1010. The zero-order valence-electron chi connectivity index (χ0n) is 17.4. The SMILES string of the molecule is CCn1ncc(NC(=O)C2CCN(S(=O)(=O)c3ccccc3)CC2)c1C(=O)N(C)C. The Morgan fingerprint density at radius 3 is 2.37 bits per heavy atom. The number of anilines is 1. The number of hydrogen-bond acceptors (Lipinski definition) is 5. The standard InChI is InChI=1S/C20H27N5O4S/c1-4-25-18(20(27)23(2)3)17(14-21-25)22-19(26)15-10-12-24(13-11-15)30(28,29)16-8-6-5-7-9-16/h5-9,14-15H,4,10-13H2,1-3H3,(H,22,26). The van der Waals surface area contributed by atoms with Gasteiger partial charge >= 0.3 is 0 Å². The molecule has 0 spiro atoms. The summed E-state index contributed by atoms with van der Waals surface area (Å²) in [6, 6.07) is 8.30. The van der Waals surface area contributed by atoms with E-state index in [9.17, 15) is 18.0 Å². The second kappa shape index (κ2) is 8.97. The van der Waals surface area contributed by atoms with Gasteiger partial charge in [-0.05, 0) is 31.9 Å². The molecule has 1 N–H and O–H groups in total. The minimum Gasteiger partial charge on any atom is -0.343 e. The van der Waals surface area contributed by atoms with Crippen molar-refractivity contribution in [2.75, 3.05) is 32.5 Å². The summed E-state index contributed by atoms with van der Waals surface area (Å²) in [5.41, 5.74) is 0.708. The van der Waals surface area contributed by atoms with Crippen LogP contribution in [0.3, 0.4) is 0 Å². The molecule has 0 atom stereocenters. The maximum Gasteiger partial charge on any atom is 0.273 e. The summed E-state index contributed by atoms with van der Waals surface area (Å²) < 4.78 is 28.5. The molecular weight excluding hydrogens is 406 g/mol. The summed E-state index contributed by atoms with van der Waals surface area (Å²) in [7, 11) is -0.274. The predicted molar refractivity (Wildman–Crippen MR) is 112 cm³/mol.